The molecule has 0 aliphatic carbocycles. The summed E-state index contributed by atoms with van der Waals surface area (Å²) in [5, 5.41) is 16.8. The van der Waals surface area contributed by atoms with Crippen molar-refractivity contribution in [2.24, 2.45) is 5.10 Å². The zero-order chi connectivity index (χ0) is 25.5. The van der Waals surface area contributed by atoms with Crippen LogP contribution in [0.15, 0.2) is 71.5 Å². The Morgan fingerprint density at radius 3 is 2.64 bits per heavy atom. The maximum Gasteiger partial charge on any atom is 0.287 e. The number of phenolic OH excluding ortho intramolecular Hbond substituents is 1. The van der Waals surface area contributed by atoms with E-state index in [4.69, 9.17) is 14.2 Å². The molecule has 0 unspecified atom stereocenters. The van der Waals surface area contributed by atoms with Crippen molar-refractivity contribution in [1.82, 2.24) is 10.7 Å². The van der Waals surface area contributed by atoms with Crippen LogP contribution in [0.25, 0.3) is 6.08 Å². The van der Waals surface area contributed by atoms with Gasteiger partial charge in [0.25, 0.3) is 11.8 Å². The van der Waals surface area contributed by atoms with E-state index in [0.717, 1.165) is 0 Å². The first-order valence-corrected chi connectivity index (χ1v) is 12.0. The van der Waals surface area contributed by atoms with Gasteiger partial charge in [0.05, 0.1) is 16.4 Å². The van der Waals surface area contributed by atoms with E-state index in [1.165, 1.54) is 12.3 Å². The molecule has 0 saturated heterocycles. The third-order valence-electron chi connectivity index (χ3n) is 4.97. The summed E-state index contributed by atoms with van der Waals surface area (Å²) in [7, 11) is 0. The van der Waals surface area contributed by atoms with Crippen molar-refractivity contribution in [2.45, 2.75) is 6.92 Å². The Balaban J connectivity index is 1.56. The van der Waals surface area contributed by atoms with Crippen LogP contribution in [0.3, 0.4) is 0 Å². The molecule has 4 rings (SSSR count). The number of ether oxygens (including phenoxy) is 3. The lowest BCUT2D eigenvalue weighted by atomic mass is 10.1. The molecule has 2 amide bonds. The van der Waals surface area contributed by atoms with Gasteiger partial charge in [-0.25, -0.2) is 5.43 Å². The molecule has 0 bridgehead atoms. The summed E-state index contributed by atoms with van der Waals surface area (Å²) in [4.78, 5) is 25.7. The van der Waals surface area contributed by atoms with Gasteiger partial charge in [0.15, 0.2) is 23.0 Å². The monoisotopic (exact) mass is 599 g/mol. The molecule has 9 nitrogen and oxygen atoms in total. The van der Waals surface area contributed by atoms with E-state index in [0.29, 0.717) is 44.1 Å². The van der Waals surface area contributed by atoms with Crippen LogP contribution in [0.4, 0.5) is 0 Å². The fraction of sp³-hybridized carbons (Fsp3) is 0.115. The Morgan fingerprint density at radius 2 is 1.86 bits per heavy atom. The average molecular weight is 599 g/mol. The van der Waals surface area contributed by atoms with E-state index < -0.39 is 11.8 Å². The van der Waals surface area contributed by atoms with Crippen LogP contribution < -0.4 is 25.0 Å². The summed E-state index contributed by atoms with van der Waals surface area (Å²) < 4.78 is 16.7. The molecular weight excluding hydrogens is 577 g/mol. The zero-order valence-electron chi connectivity index (χ0n) is 19.2. The first kappa shape index (κ1) is 25.0. The highest BCUT2D eigenvalue weighted by Crippen LogP contribution is 2.33. The van der Waals surface area contributed by atoms with Gasteiger partial charge in [0.2, 0.25) is 6.79 Å². The van der Waals surface area contributed by atoms with Gasteiger partial charge in [0.1, 0.15) is 5.70 Å². The predicted molar refractivity (Wildman–Crippen MR) is 142 cm³/mol. The van der Waals surface area contributed by atoms with E-state index in [2.05, 4.69) is 15.8 Å². The largest absolute Gasteiger partial charge is 0.504 e. The highest BCUT2D eigenvalue weighted by Gasteiger charge is 2.17. The molecular formula is C26H22IN3O6. The number of hydrogen-bond donors (Lipinski definition) is 3. The van der Waals surface area contributed by atoms with Crippen molar-refractivity contribution < 1.29 is 28.9 Å². The smallest absolute Gasteiger partial charge is 0.287 e. The second-order valence-electron chi connectivity index (χ2n) is 7.47. The molecule has 3 N–H and O–H groups in total. The maximum atomic E-state index is 13.0. The van der Waals surface area contributed by atoms with Crippen molar-refractivity contribution in [3.05, 3.63) is 86.6 Å². The van der Waals surface area contributed by atoms with Gasteiger partial charge in [-0.15, -0.1) is 0 Å². The first-order valence-electron chi connectivity index (χ1n) is 10.9. The fourth-order valence-corrected chi connectivity index (χ4v) is 3.90. The quantitative estimate of drug-likeness (QED) is 0.156. The van der Waals surface area contributed by atoms with E-state index in [-0.39, 0.29) is 18.2 Å². The summed E-state index contributed by atoms with van der Waals surface area (Å²) in [5.41, 5.74) is 4.04. The van der Waals surface area contributed by atoms with Crippen LogP contribution in [0.1, 0.15) is 28.4 Å². The van der Waals surface area contributed by atoms with Crippen molar-refractivity contribution in [3.8, 4) is 23.0 Å². The van der Waals surface area contributed by atoms with Crippen LogP contribution in [0.5, 0.6) is 23.0 Å². The minimum Gasteiger partial charge on any atom is -0.504 e. The van der Waals surface area contributed by atoms with Gasteiger partial charge < -0.3 is 24.6 Å². The Hall–Kier alpha value is -4.06. The summed E-state index contributed by atoms with van der Waals surface area (Å²) in [6.45, 7) is 2.32. The minimum atomic E-state index is -0.633. The van der Waals surface area contributed by atoms with Gasteiger partial charge in [-0.1, -0.05) is 24.3 Å². The number of benzene rings is 3. The van der Waals surface area contributed by atoms with Gasteiger partial charge >= 0.3 is 0 Å². The molecule has 0 spiro atoms. The van der Waals surface area contributed by atoms with Gasteiger partial charge in [-0.05, 0) is 83.1 Å². The van der Waals surface area contributed by atoms with E-state index in [1.54, 1.807) is 60.7 Å². The lowest BCUT2D eigenvalue weighted by molar-refractivity contribution is -0.117. The lowest BCUT2D eigenvalue weighted by Crippen LogP contribution is -2.32. The number of hydrazone groups is 1. The summed E-state index contributed by atoms with van der Waals surface area (Å²) in [6, 6.07) is 17.0. The molecule has 1 aliphatic heterocycles. The van der Waals surface area contributed by atoms with Crippen LogP contribution in [0.2, 0.25) is 0 Å². The van der Waals surface area contributed by atoms with Gasteiger partial charge in [-0.3, -0.25) is 9.59 Å². The Labute approximate surface area is 220 Å². The number of phenols is 1. The first-order chi connectivity index (χ1) is 17.4. The van der Waals surface area contributed by atoms with Crippen molar-refractivity contribution in [1.29, 1.82) is 0 Å². The highest BCUT2D eigenvalue weighted by atomic mass is 127. The van der Waals surface area contributed by atoms with Crippen LogP contribution in [-0.4, -0.2) is 36.5 Å². The van der Waals surface area contributed by atoms with Crippen LogP contribution >= 0.6 is 22.6 Å². The SMILES string of the molecule is CCOc1cc(/C=N/NC(=O)/C(=C\c2ccc3c(c2)OCO3)NC(=O)c2ccccc2)cc(I)c1O. The second kappa shape index (κ2) is 11.6. The molecule has 1 heterocycles. The number of halogens is 1. The Bertz CT molecular complexity index is 1340. The van der Waals surface area contributed by atoms with E-state index in [1.807, 2.05) is 29.5 Å². The molecule has 0 atom stereocenters. The molecule has 184 valence electrons. The van der Waals surface area contributed by atoms with Gasteiger partial charge in [-0.2, -0.15) is 5.10 Å². The molecule has 0 fully saturated rings. The zero-order valence-corrected chi connectivity index (χ0v) is 21.3. The fourth-order valence-electron chi connectivity index (χ4n) is 3.27. The van der Waals surface area contributed by atoms with Crippen LogP contribution in [0, 0.1) is 3.57 Å². The van der Waals surface area contributed by atoms with Crippen molar-refractivity contribution >= 4 is 46.7 Å². The maximum absolute atomic E-state index is 13.0. The number of aromatic hydroxyl groups is 1. The molecule has 1 aliphatic rings. The summed E-state index contributed by atoms with van der Waals surface area (Å²) in [5.74, 6) is 0.420. The minimum absolute atomic E-state index is 0.0184. The topological polar surface area (TPSA) is 118 Å². The molecule has 0 radical (unpaired) electrons. The number of amides is 2. The highest BCUT2D eigenvalue weighted by molar-refractivity contribution is 14.1. The Kier molecular flexibility index (Phi) is 8.06. The summed E-state index contributed by atoms with van der Waals surface area (Å²) >= 11 is 1.98. The van der Waals surface area contributed by atoms with E-state index in [9.17, 15) is 14.7 Å². The van der Waals surface area contributed by atoms with Crippen molar-refractivity contribution in [3.63, 3.8) is 0 Å². The second-order valence-corrected chi connectivity index (χ2v) is 8.63. The number of nitrogens with one attached hydrogen (secondary N) is 2. The molecule has 10 heteroatoms. The third-order valence-corrected chi connectivity index (χ3v) is 5.79. The number of nitrogens with zero attached hydrogens (tertiary/aromatic N) is 1. The van der Waals surface area contributed by atoms with Gasteiger partial charge in [0, 0.05) is 5.56 Å². The summed E-state index contributed by atoms with van der Waals surface area (Å²) in [6.07, 6.45) is 2.93. The Morgan fingerprint density at radius 1 is 1.08 bits per heavy atom. The average Bonchev–Trinajstić information content (AvgIpc) is 3.35. The number of hydrogen-bond acceptors (Lipinski definition) is 7. The van der Waals surface area contributed by atoms with Crippen LogP contribution in [-0.2, 0) is 4.79 Å². The standard InChI is InChI=1S/C26H22IN3O6/c1-2-34-23-13-17(10-19(27)24(23)31)14-28-30-26(33)20(29-25(32)18-6-4-3-5-7-18)11-16-8-9-21-22(12-16)36-15-35-21/h3-14,31H,2,15H2,1H3,(H,29,32)(H,30,33)/b20-11+,28-14+. The predicted octanol–water partition coefficient (Wildman–Crippen LogP) is 4.05. The van der Waals surface area contributed by atoms with Crippen molar-refractivity contribution in [2.75, 3.05) is 13.4 Å². The number of fused-ring (bicyclic) bond motifs is 1. The molecule has 3 aromatic rings. The molecule has 0 aromatic heterocycles. The molecule has 0 saturated carbocycles. The normalized spacial score (nSPS) is 12.4. The number of rotatable bonds is 8. The third kappa shape index (κ3) is 6.13. The number of carbonyl (C=O) groups is 2. The number of carbonyl (C=O) groups excluding carboxylic acids is 2. The van der Waals surface area contributed by atoms with E-state index >= 15 is 0 Å². The lowest BCUT2D eigenvalue weighted by Gasteiger charge is -2.10. The molecule has 3 aromatic carbocycles. The molecule has 36 heavy (non-hydrogen) atoms.